The van der Waals surface area contributed by atoms with Crippen molar-refractivity contribution < 1.29 is 19.5 Å². The zero-order valence-corrected chi connectivity index (χ0v) is 15.6. The number of hydrogen-bond donors (Lipinski definition) is 4. The maximum absolute atomic E-state index is 12.7. The van der Waals surface area contributed by atoms with E-state index in [-0.39, 0.29) is 18.6 Å². The van der Waals surface area contributed by atoms with Crippen molar-refractivity contribution in [3.05, 3.63) is 71.8 Å². The monoisotopic (exact) mass is 386 g/mol. The van der Waals surface area contributed by atoms with Gasteiger partial charge in [0, 0.05) is 12.8 Å². The summed E-state index contributed by atoms with van der Waals surface area (Å²) in [6, 6.07) is 16.3. The second-order valence-corrected chi connectivity index (χ2v) is 6.37. The second kappa shape index (κ2) is 10.4. The first-order valence-corrected chi connectivity index (χ1v) is 9.14. The van der Waals surface area contributed by atoms with E-state index in [1.54, 1.807) is 24.3 Å². The van der Waals surface area contributed by atoms with E-state index in [1.807, 2.05) is 36.4 Å². The van der Waals surface area contributed by atoms with E-state index < -0.39 is 29.9 Å². The number of carboxylic acids is 1. The smallest absolute Gasteiger partial charge is 0.326 e. The third-order valence-electron chi connectivity index (χ3n) is 3.98. The fourth-order valence-electron chi connectivity index (χ4n) is 2.62. The van der Waals surface area contributed by atoms with Crippen LogP contribution < -0.4 is 10.6 Å². The van der Waals surface area contributed by atoms with Crippen molar-refractivity contribution in [2.75, 3.05) is 5.75 Å². The number of hydrogen-bond acceptors (Lipinski definition) is 4. The maximum Gasteiger partial charge on any atom is 0.326 e. The predicted molar refractivity (Wildman–Crippen MR) is 106 cm³/mol. The number of thiol groups is 1. The number of amides is 2. The maximum atomic E-state index is 12.7. The van der Waals surface area contributed by atoms with Gasteiger partial charge in [-0.1, -0.05) is 60.7 Å². The molecule has 0 radical (unpaired) electrons. The molecule has 6 nitrogen and oxygen atoms in total. The molecule has 0 fully saturated rings. The largest absolute Gasteiger partial charge is 0.480 e. The predicted octanol–water partition coefficient (Wildman–Crippen LogP) is 1.46. The Morgan fingerprint density at radius 3 is 1.74 bits per heavy atom. The third-order valence-corrected chi connectivity index (χ3v) is 4.26. The van der Waals surface area contributed by atoms with Crippen molar-refractivity contribution in [2.24, 2.45) is 0 Å². The highest BCUT2D eigenvalue weighted by molar-refractivity contribution is 7.81. The fourth-order valence-corrected chi connectivity index (χ4v) is 2.71. The van der Waals surface area contributed by atoms with E-state index >= 15 is 0 Å². The Labute approximate surface area is 163 Å². The first kappa shape index (κ1) is 20.5. The van der Waals surface area contributed by atoms with Gasteiger partial charge in [-0.05, 0) is 11.1 Å². The molecule has 142 valence electrons. The van der Waals surface area contributed by atoms with Gasteiger partial charge in [-0.15, -0.1) is 0 Å². The molecule has 0 aliphatic carbocycles. The molecule has 2 amide bonds. The zero-order valence-electron chi connectivity index (χ0n) is 14.7. The first-order valence-electron chi connectivity index (χ1n) is 8.51. The second-order valence-electron chi connectivity index (χ2n) is 6.06. The summed E-state index contributed by atoms with van der Waals surface area (Å²) in [5.41, 5.74) is 1.65. The summed E-state index contributed by atoms with van der Waals surface area (Å²) in [5, 5.41) is 14.6. The summed E-state index contributed by atoms with van der Waals surface area (Å²) >= 11 is 3.92. The quantitative estimate of drug-likeness (QED) is 0.491. The minimum atomic E-state index is -1.13. The Balaban J connectivity index is 2.11. The van der Waals surface area contributed by atoms with Gasteiger partial charge >= 0.3 is 5.97 Å². The molecule has 0 saturated carbocycles. The molecule has 0 aliphatic heterocycles. The van der Waals surface area contributed by atoms with Gasteiger partial charge in [0.2, 0.25) is 11.8 Å². The Kier molecular flexibility index (Phi) is 7.88. The minimum Gasteiger partial charge on any atom is -0.480 e. The number of carbonyl (C=O) groups is 3. The minimum absolute atomic E-state index is 0.0645. The van der Waals surface area contributed by atoms with E-state index in [0.717, 1.165) is 11.1 Å². The topological polar surface area (TPSA) is 95.5 Å². The average Bonchev–Trinajstić information content (AvgIpc) is 2.68. The van der Waals surface area contributed by atoms with Crippen LogP contribution in [-0.4, -0.2) is 40.7 Å². The van der Waals surface area contributed by atoms with Crippen molar-refractivity contribution in [2.45, 2.75) is 24.9 Å². The number of benzene rings is 2. The molecule has 2 atom stereocenters. The zero-order chi connectivity index (χ0) is 19.6. The summed E-state index contributed by atoms with van der Waals surface area (Å²) in [6.45, 7) is 0. The van der Waals surface area contributed by atoms with E-state index in [9.17, 15) is 19.5 Å². The summed E-state index contributed by atoms with van der Waals surface area (Å²) < 4.78 is 0. The summed E-state index contributed by atoms with van der Waals surface area (Å²) in [5.74, 6) is -2.14. The molecule has 0 saturated heterocycles. The normalized spacial score (nSPS) is 12.6. The van der Waals surface area contributed by atoms with Crippen LogP contribution in [0.1, 0.15) is 11.1 Å². The Hall–Kier alpha value is -2.80. The van der Waals surface area contributed by atoms with Crippen molar-refractivity contribution in [1.29, 1.82) is 0 Å². The molecule has 0 unspecified atom stereocenters. The van der Waals surface area contributed by atoms with E-state index in [4.69, 9.17) is 0 Å². The highest BCUT2D eigenvalue weighted by Crippen LogP contribution is 2.07. The molecule has 27 heavy (non-hydrogen) atoms. The van der Waals surface area contributed by atoms with Gasteiger partial charge in [-0.2, -0.15) is 12.6 Å². The molecule has 0 bridgehead atoms. The van der Waals surface area contributed by atoms with Crippen LogP contribution in [0.15, 0.2) is 60.7 Å². The van der Waals surface area contributed by atoms with Gasteiger partial charge in [0.25, 0.3) is 0 Å². The van der Waals surface area contributed by atoms with Gasteiger partial charge in [0.05, 0.1) is 5.75 Å². The van der Waals surface area contributed by atoms with Crippen molar-refractivity contribution in [1.82, 2.24) is 10.6 Å². The van der Waals surface area contributed by atoms with Crippen LogP contribution in [0.2, 0.25) is 0 Å². The SMILES string of the molecule is O=C(CS)N[C@@H](Cc1ccccc1)C(=O)N[C@@H](Cc1ccccc1)C(=O)O. The molecule has 0 spiro atoms. The summed E-state index contributed by atoms with van der Waals surface area (Å²) in [4.78, 5) is 36.0. The number of aliphatic carboxylic acids is 1. The van der Waals surface area contributed by atoms with Crippen LogP contribution in [0.3, 0.4) is 0 Å². The van der Waals surface area contributed by atoms with Crippen LogP contribution in [0, 0.1) is 0 Å². The standard InChI is InChI=1S/C20H22N2O4S/c23-18(13-27)21-16(11-14-7-3-1-4-8-14)19(24)22-17(20(25)26)12-15-9-5-2-6-10-15/h1-10,16-17,27H,11-13H2,(H,21,23)(H,22,24)(H,25,26)/t16-,17-/m0/s1. The summed E-state index contributed by atoms with van der Waals surface area (Å²) in [7, 11) is 0. The Bertz CT molecular complexity index is 768. The lowest BCUT2D eigenvalue weighted by atomic mass is 10.0. The van der Waals surface area contributed by atoms with Gasteiger partial charge in [-0.25, -0.2) is 4.79 Å². The highest BCUT2D eigenvalue weighted by atomic mass is 32.1. The van der Waals surface area contributed by atoms with Crippen LogP contribution in [0.25, 0.3) is 0 Å². The highest BCUT2D eigenvalue weighted by Gasteiger charge is 2.26. The van der Waals surface area contributed by atoms with Crippen LogP contribution >= 0.6 is 12.6 Å². The third kappa shape index (κ3) is 6.79. The Morgan fingerprint density at radius 1 is 0.815 bits per heavy atom. The molecular weight excluding hydrogens is 364 g/mol. The number of nitrogens with one attached hydrogen (secondary N) is 2. The van der Waals surface area contributed by atoms with E-state index in [0.29, 0.717) is 0 Å². The van der Waals surface area contributed by atoms with Crippen molar-refractivity contribution in [3.63, 3.8) is 0 Å². The lowest BCUT2D eigenvalue weighted by Crippen LogP contribution is -2.53. The lowest BCUT2D eigenvalue weighted by molar-refractivity contribution is -0.142. The molecule has 2 aromatic rings. The van der Waals surface area contributed by atoms with Gasteiger partial charge in [-0.3, -0.25) is 9.59 Å². The number of rotatable bonds is 9. The van der Waals surface area contributed by atoms with Gasteiger partial charge < -0.3 is 15.7 Å². The van der Waals surface area contributed by atoms with Crippen LogP contribution in [-0.2, 0) is 27.2 Å². The van der Waals surface area contributed by atoms with Gasteiger partial charge in [0.1, 0.15) is 12.1 Å². The molecule has 0 aromatic heterocycles. The molecule has 2 aromatic carbocycles. The summed E-state index contributed by atoms with van der Waals surface area (Å²) in [6.07, 6.45) is 0.407. The van der Waals surface area contributed by atoms with Crippen molar-refractivity contribution in [3.8, 4) is 0 Å². The average molecular weight is 386 g/mol. The lowest BCUT2D eigenvalue weighted by Gasteiger charge is -2.21. The number of carboxylic acid groups (broad SMARTS) is 1. The molecule has 2 rings (SSSR count). The molecule has 0 heterocycles. The molecule has 3 N–H and O–H groups in total. The fraction of sp³-hybridized carbons (Fsp3) is 0.250. The molecular formula is C20H22N2O4S. The van der Waals surface area contributed by atoms with E-state index in [2.05, 4.69) is 23.3 Å². The van der Waals surface area contributed by atoms with Crippen molar-refractivity contribution >= 4 is 30.4 Å². The molecule has 0 aliphatic rings. The van der Waals surface area contributed by atoms with Crippen LogP contribution in [0.5, 0.6) is 0 Å². The Morgan fingerprint density at radius 2 is 1.30 bits per heavy atom. The number of carbonyl (C=O) groups excluding carboxylic acids is 2. The first-order chi connectivity index (χ1) is 13.0. The van der Waals surface area contributed by atoms with E-state index in [1.165, 1.54) is 0 Å². The van der Waals surface area contributed by atoms with Crippen LogP contribution in [0.4, 0.5) is 0 Å². The molecule has 7 heteroatoms. The van der Waals surface area contributed by atoms with Gasteiger partial charge in [0.15, 0.2) is 0 Å².